The Morgan fingerprint density at radius 2 is 1.24 bits per heavy atom. The van der Waals surface area contributed by atoms with Gasteiger partial charge in [-0.05, 0) is 73.1 Å². The summed E-state index contributed by atoms with van der Waals surface area (Å²) in [6.45, 7) is 0. The highest BCUT2D eigenvalue weighted by Crippen LogP contribution is 2.42. The van der Waals surface area contributed by atoms with Crippen molar-refractivity contribution in [2.75, 3.05) is 0 Å². The first-order chi connectivity index (χ1) is 12.4. The van der Waals surface area contributed by atoms with Gasteiger partial charge >= 0.3 is 0 Å². The van der Waals surface area contributed by atoms with Crippen molar-refractivity contribution in [3.8, 4) is 11.1 Å². The van der Waals surface area contributed by atoms with Crippen molar-refractivity contribution in [2.45, 2.75) is 6.42 Å². The molecule has 0 saturated carbocycles. The Hall–Kier alpha value is -3.12. The topological polar surface area (TPSA) is 0 Å². The van der Waals surface area contributed by atoms with Crippen molar-refractivity contribution in [1.82, 2.24) is 0 Å². The van der Waals surface area contributed by atoms with E-state index in [2.05, 4.69) is 84.9 Å². The molecule has 0 aliphatic heterocycles. The third-order valence-corrected chi connectivity index (χ3v) is 5.67. The molecule has 0 unspecified atom stereocenters. The third kappa shape index (κ3) is 1.77. The molecule has 1 aliphatic carbocycles. The van der Waals surface area contributed by atoms with Crippen LogP contribution in [0.2, 0.25) is 0 Å². The molecule has 0 aromatic heterocycles. The third-order valence-electron chi connectivity index (χ3n) is 5.67. The van der Waals surface area contributed by atoms with Crippen molar-refractivity contribution in [1.29, 1.82) is 0 Å². The number of rotatable bonds is 0. The highest BCUT2D eigenvalue weighted by atomic mass is 14.2. The molecule has 116 valence electrons. The molecule has 0 spiro atoms. The summed E-state index contributed by atoms with van der Waals surface area (Å²) in [4.78, 5) is 0. The maximum Gasteiger partial charge on any atom is -0.000728 e. The van der Waals surface area contributed by atoms with Gasteiger partial charge in [-0.3, -0.25) is 0 Å². The molecular formula is C25H16. The van der Waals surface area contributed by atoms with Crippen LogP contribution in [0.1, 0.15) is 11.1 Å². The molecule has 0 fully saturated rings. The van der Waals surface area contributed by atoms with Gasteiger partial charge in [0.15, 0.2) is 0 Å². The largest absolute Gasteiger partial charge is 0.0619 e. The summed E-state index contributed by atoms with van der Waals surface area (Å²) in [6.07, 6.45) is 1.04. The molecular weight excluding hydrogens is 300 g/mol. The smallest absolute Gasteiger partial charge is 0.000728 e. The van der Waals surface area contributed by atoms with E-state index < -0.39 is 0 Å². The molecule has 0 heteroatoms. The minimum absolute atomic E-state index is 1.04. The molecule has 0 radical (unpaired) electrons. The maximum atomic E-state index is 2.35. The van der Waals surface area contributed by atoms with E-state index in [1.165, 1.54) is 54.6 Å². The van der Waals surface area contributed by atoms with Gasteiger partial charge in [-0.25, -0.2) is 0 Å². The normalized spacial score (nSPS) is 12.6. The maximum absolute atomic E-state index is 2.35. The average molecular weight is 316 g/mol. The van der Waals surface area contributed by atoms with Crippen molar-refractivity contribution in [2.24, 2.45) is 0 Å². The van der Waals surface area contributed by atoms with Gasteiger partial charge in [0.25, 0.3) is 0 Å². The van der Waals surface area contributed by atoms with Crippen molar-refractivity contribution in [3.63, 3.8) is 0 Å². The van der Waals surface area contributed by atoms with Gasteiger partial charge < -0.3 is 0 Å². The van der Waals surface area contributed by atoms with E-state index in [4.69, 9.17) is 0 Å². The van der Waals surface area contributed by atoms with Gasteiger partial charge in [-0.2, -0.15) is 0 Å². The van der Waals surface area contributed by atoms with Crippen molar-refractivity contribution >= 4 is 32.3 Å². The molecule has 0 nitrogen and oxygen atoms in total. The van der Waals surface area contributed by atoms with Crippen LogP contribution in [0, 0.1) is 0 Å². The van der Waals surface area contributed by atoms with E-state index in [-0.39, 0.29) is 0 Å². The van der Waals surface area contributed by atoms with Crippen LogP contribution in [0.15, 0.2) is 84.9 Å². The SMILES string of the molecule is c1ccc2c(c1)Cc1c-2ccc2c1ccc1cc3ccccc3cc12. The number of hydrogen-bond donors (Lipinski definition) is 0. The molecule has 1 aliphatic rings. The first kappa shape index (κ1) is 13.2. The molecule has 0 atom stereocenters. The lowest BCUT2D eigenvalue weighted by Gasteiger charge is -2.10. The number of hydrogen-bond acceptors (Lipinski definition) is 0. The summed E-state index contributed by atoms with van der Waals surface area (Å²) in [5.74, 6) is 0. The summed E-state index contributed by atoms with van der Waals surface area (Å²) in [5, 5.41) is 8.07. The zero-order valence-electron chi connectivity index (χ0n) is 13.8. The van der Waals surface area contributed by atoms with Crippen LogP contribution in [0.3, 0.4) is 0 Å². The Morgan fingerprint density at radius 1 is 0.480 bits per heavy atom. The van der Waals surface area contributed by atoms with Gasteiger partial charge in [-0.15, -0.1) is 0 Å². The molecule has 6 rings (SSSR count). The first-order valence-corrected chi connectivity index (χ1v) is 8.84. The second-order valence-corrected chi connectivity index (χ2v) is 7.01. The Balaban J connectivity index is 1.72. The van der Waals surface area contributed by atoms with Gasteiger partial charge in [0, 0.05) is 0 Å². The molecule has 0 bridgehead atoms. The summed E-state index contributed by atoms with van der Waals surface area (Å²) in [6, 6.07) is 31.3. The lowest BCUT2D eigenvalue weighted by molar-refractivity contribution is 1.28. The molecule has 25 heavy (non-hydrogen) atoms. The highest BCUT2D eigenvalue weighted by molar-refractivity contribution is 6.14. The highest BCUT2D eigenvalue weighted by Gasteiger charge is 2.20. The summed E-state index contributed by atoms with van der Waals surface area (Å²) >= 11 is 0. The standard InChI is InChI=1S/C25H16/c1-2-6-17-14-24-19(13-16(17)5-1)9-10-23-22(24)12-11-21-20-8-4-3-7-18(20)15-25(21)23/h1-14H,15H2. The predicted molar refractivity (Wildman–Crippen MR) is 107 cm³/mol. The van der Waals surface area contributed by atoms with Gasteiger partial charge in [0.05, 0.1) is 0 Å². The van der Waals surface area contributed by atoms with Crippen LogP contribution < -0.4 is 0 Å². The van der Waals surface area contributed by atoms with Crippen LogP contribution in [-0.2, 0) is 6.42 Å². The number of benzene rings is 5. The fraction of sp³-hybridized carbons (Fsp3) is 0.0400. The molecule has 0 N–H and O–H groups in total. The Kier molecular flexibility index (Phi) is 2.48. The van der Waals surface area contributed by atoms with E-state index in [9.17, 15) is 0 Å². The van der Waals surface area contributed by atoms with E-state index >= 15 is 0 Å². The van der Waals surface area contributed by atoms with Gasteiger partial charge in [0.1, 0.15) is 0 Å². The minimum Gasteiger partial charge on any atom is -0.0619 e. The Labute approximate surface area is 146 Å². The molecule has 5 aromatic rings. The first-order valence-electron chi connectivity index (χ1n) is 8.84. The number of fused-ring (bicyclic) bond motifs is 8. The van der Waals surface area contributed by atoms with E-state index in [1.807, 2.05) is 0 Å². The van der Waals surface area contributed by atoms with Gasteiger partial charge in [-0.1, -0.05) is 72.8 Å². The van der Waals surface area contributed by atoms with Gasteiger partial charge in [0.2, 0.25) is 0 Å². The minimum atomic E-state index is 1.04. The summed E-state index contributed by atoms with van der Waals surface area (Å²) in [7, 11) is 0. The zero-order valence-corrected chi connectivity index (χ0v) is 13.8. The predicted octanol–water partition coefficient (Wildman–Crippen LogP) is 6.72. The lowest BCUT2D eigenvalue weighted by atomic mass is 9.94. The second kappa shape index (κ2) is 4.70. The van der Waals surface area contributed by atoms with E-state index in [0.717, 1.165) is 6.42 Å². The summed E-state index contributed by atoms with van der Waals surface area (Å²) in [5.41, 5.74) is 5.73. The molecule has 0 amide bonds. The van der Waals surface area contributed by atoms with Crippen molar-refractivity contribution in [3.05, 3.63) is 96.1 Å². The summed E-state index contributed by atoms with van der Waals surface area (Å²) < 4.78 is 0. The Morgan fingerprint density at radius 3 is 2.16 bits per heavy atom. The lowest BCUT2D eigenvalue weighted by Crippen LogP contribution is -1.86. The van der Waals surface area contributed by atoms with E-state index in [0.29, 0.717) is 0 Å². The second-order valence-electron chi connectivity index (χ2n) is 7.01. The fourth-order valence-electron chi connectivity index (χ4n) is 4.46. The van der Waals surface area contributed by atoms with Crippen LogP contribution in [-0.4, -0.2) is 0 Å². The molecule has 5 aromatic carbocycles. The Bertz CT molecular complexity index is 1310. The van der Waals surface area contributed by atoms with Crippen LogP contribution >= 0.6 is 0 Å². The quantitative estimate of drug-likeness (QED) is 0.215. The van der Waals surface area contributed by atoms with Crippen LogP contribution in [0.25, 0.3) is 43.4 Å². The molecule has 0 saturated heterocycles. The average Bonchev–Trinajstić information content (AvgIpc) is 3.05. The monoisotopic (exact) mass is 316 g/mol. The van der Waals surface area contributed by atoms with E-state index in [1.54, 1.807) is 0 Å². The van der Waals surface area contributed by atoms with Crippen LogP contribution in [0.4, 0.5) is 0 Å². The molecule has 0 heterocycles. The zero-order chi connectivity index (χ0) is 16.4. The van der Waals surface area contributed by atoms with Crippen molar-refractivity contribution < 1.29 is 0 Å². The van der Waals surface area contributed by atoms with Crippen LogP contribution in [0.5, 0.6) is 0 Å². The fourth-order valence-corrected chi connectivity index (χ4v) is 4.46.